The van der Waals surface area contributed by atoms with E-state index in [1.807, 2.05) is 30.3 Å². The number of nitrogens with one attached hydrogen (secondary N) is 2. The van der Waals surface area contributed by atoms with Crippen molar-refractivity contribution in [3.05, 3.63) is 95.2 Å². The maximum absolute atomic E-state index is 13.6. The lowest BCUT2D eigenvalue weighted by Gasteiger charge is -2.32. The molecular weight excluding hydrogens is 400 g/mol. The van der Waals surface area contributed by atoms with Crippen LogP contribution in [-0.2, 0) is 4.79 Å². The molecule has 5 rings (SSSR count). The van der Waals surface area contributed by atoms with E-state index in [0.717, 1.165) is 28.2 Å². The highest BCUT2D eigenvalue weighted by Crippen LogP contribution is 2.45. The number of hydrogen-bond acceptors (Lipinski definition) is 5. The third-order valence-corrected chi connectivity index (χ3v) is 6.40. The summed E-state index contributed by atoms with van der Waals surface area (Å²) in [4.78, 5) is 13.6. The Hall–Kier alpha value is -3.73. The zero-order valence-corrected chi connectivity index (χ0v) is 18.1. The van der Waals surface area contributed by atoms with Crippen molar-refractivity contribution in [2.45, 2.75) is 25.3 Å². The first kappa shape index (κ1) is 20.2. The van der Waals surface area contributed by atoms with Gasteiger partial charge in [-0.15, -0.1) is 0 Å². The van der Waals surface area contributed by atoms with Crippen LogP contribution in [0.2, 0.25) is 0 Å². The Balaban J connectivity index is 1.61. The van der Waals surface area contributed by atoms with Crippen molar-refractivity contribution in [1.82, 2.24) is 0 Å². The Morgan fingerprint density at radius 2 is 1.69 bits per heavy atom. The summed E-state index contributed by atoms with van der Waals surface area (Å²) in [5.74, 6) is 0.268. The number of hydrogen-bond donors (Lipinski definition) is 3. The molecule has 0 saturated carbocycles. The van der Waals surface area contributed by atoms with E-state index in [1.165, 1.54) is 12.7 Å². The molecule has 3 aromatic rings. The molecule has 3 aromatic carbocycles. The van der Waals surface area contributed by atoms with Gasteiger partial charge in [0.15, 0.2) is 11.5 Å². The van der Waals surface area contributed by atoms with Crippen LogP contribution in [0.4, 0.5) is 11.4 Å². The lowest BCUT2D eigenvalue weighted by molar-refractivity contribution is -0.122. The van der Waals surface area contributed by atoms with Crippen molar-refractivity contribution in [3.63, 3.8) is 0 Å². The van der Waals surface area contributed by atoms with Gasteiger partial charge in [0.05, 0.1) is 30.4 Å². The average Bonchev–Trinajstić information content (AvgIpc) is 2.96. The molecule has 5 heteroatoms. The molecule has 0 amide bonds. The predicted octanol–water partition coefficient (Wildman–Crippen LogP) is 5.54. The molecule has 0 spiro atoms. The number of benzene rings is 3. The van der Waals surface area contributed by atoms with Gasteiger partial charge >= 0.3 is 0 Å². The minimum Gasteiger partial charge on any atom is -0.504 e. The minimum atomic E-state index is -0.392. The van der Waals surface area contributed by atoms with Crippen molar-refractivity contribution in [2.24, 2.45) is 5.92 Å². The first-order chi connectivity index (χ1) is 15.5. The first-order valence-electron chi connectivity index (χ1n) is 10.8. The van der Waals surface area contributed by atoms with Crippen LogP contribution in [0.5, 0.6) is 11.5 Å². The third-order valence-electron chi connectivity index (χ3n) is 6.40. The molecule has 5 nitrogen and oxygen atoms in total. The summed E-state index contributed by atoms with van der Waals surface area (Å²) in [6.07, 6.45) is 2.63. The number of carbonyl (C=O) groups excluding carboxylic acids is 1. The Kier molecular flexibility index (Phi) is 5.10. The fraction of sp³-hybridized carbons (Fsp3) is 0.222. The number of phenolic OH excluding ortho intramolecular Hbond substituents is 1. The molecule has 3 N–H and O–H groups in total. The zero-order chi connectivity index (χ0) is 22.2. The van der Waals surface area contributed by atoms with Crippen molar-refractivity contribution < 1.29 is 14.6 Å². The van der Waals surface area contributed by atoms with Gasteiger partial charge in [-0.1, -0.05) is 54.1 Å². The number of aromatic hydroxyl groups is 1. The van der Waals surface area contributed by atoms with E-state index in [0.29, 0.717) is 12.2 Å². The summed E-state index contributed by atoms with van der Waals surface area (Å²) in [6, 6.07) is 21.3. The van der Waals surface area contributed by atoms with Crippen LogP contribution in [0, 0.1) is 12.8 Å². The number of rotatable bonds is 3. The molecule has 1 aliphatic heterocycles. The lowest BCUT2D eigenvalue weighted by atomic mass is 9.76. The Bertz CT molecular complexity index is 1200. The number of Topliss-reactive ketones (excluding diaryl/α,β-unsaturated/α-hetero) is 1. The normalized spacial score (nSPS) is 21.9. The maximum atomic E-state index is 13.6. The summed E-state index contributed by atoms with van der Waals surface area (Å²) >= 11 is 0. The summed E-state index contributed by atoms with van der Waals surface area (Å²) < 4.78 is 5.21. The molecule has 0 bridgehead atoms. The van der Waals surface area contributed by atoms with Gasteiger partial charge in [-0.05, 0) is 42.3 Å². The highest BCUT2D eigenvalue weighted by Gasteiger charge is 2.40. The van der Waals surface area contributed by atoms with Gasteiger partial charge in [0.25, 0.3) is 0 Å². The summed E-state index contributed by atoms with van der Waals surface area (Å²) in [5.41, 5.74) is 5.92. The predicted molar refractivity (Wildman–Crippen MR) is 126 cm³/mol. The van der Waals surface area contributed by atoms with Crippen molar-refractivity contribution in [1.29, 1.82) is 0 Å². The Morgan fingerprint density at radius 3 is 2.41 bits per heavy atom. The van der Waals surface area contributed by atoms with Crippen LogP contribution in [0.25, 0.3) is 0 Å². The third kappa shape index (κ3) is 3.60. The highest BCUT2D eigenvalue weighted by atomic mass is 16.5. The number of carbonyl (C=O) groups is 1. The number of para-hydroxylation sites is 2. The summed E-state index contributed by atoms with van der Waals surface area (Å²) in [7, 11) is 1.52. The SMILES string of the molecule is COc1ccc(C2Nc3ccccc3NC3=CC(c4ccc(C)cc4)CC(=O)C32)cc1O. The topological polar surface area (TPSA) is 70.6 Å². The molecule has 162 valence electrons. The monoisotopic (exact) mass is 426 g/mol. The van der Waals surface area contributed by atoms with Gasteiger partial charge in [0.1, 0.15) is 5.78 Å². The molecule has 3 unspecified atom stereocenters. The molecule has 3 atom stereocenters. The van der Waals surface area contributed by atoms with Gasteiger partial charge in [-0.25, -0.2) is 0 Å². The van der Waals surface area contributed by atoms with E-state index in [2.05, 4.69) is 47.9 Å². The number of allylic oxidation sites excluding steroid dienone is 1. The standard InChI is InChI=1S/C27H26N2O3/c1-16-7-9-17(10-8-16)19-13-22-26(24(31)15-19)27(18-11-12-25(32-2)23(30)14-18)29-21-6-4-3-5-20(21)28-22/h3-14,19,26-30H,15H2,1-2H3. The zero-order valence-electron chi connectivity index (χ0n) is 18.1. The lowest BCUT2D eigenvalue weighted by Crippen LogP contribution is -2.33. The van der Waals surface area contributed by atoms with E-state index in [-0.39, 0.29) is 23.5 Å². The van der Waals surface area contributed by atoms with E-state index >= 15 is 0 Å². The van der Waals surface area contributed by atoms with E-state index < -0.39 is 5.92 Å². The Labute approximate surface area is 187 Å². The number of aryl methyl sites for hydroxylation is 1. The molecule has 0 saturated heterocycles. The number of phenols is 1. The van der Waals surface area contributed by atoms with Crippen molar-refractivity contribution >= 4 is 17.2 Å². The van der Waals surface area contributed by atoms with Crippen molar-refractivity contribution in [3.8, 4) is 11.5 Å². The van der Waals surface area contributed by atoms with Gasteiger partial charge in [0, 0.05) is 18.0 Å². The first-order valence-corrected chi connectivity index (χ1v) is 10.8. The van der Waals surface area contributed by atoms with Gasteiger partial charge < -0.3 is 20.5 Å². The summed E-state index contributed by atoms with van der Waals surface area (Å²) in [6.45, 7) is 2.06. The number of fused-ring (bicyclic) bond motifs is 2. The molecule has 0 radical (unpaired) electrons. The molecule has 2 aliphatic rings. The number of methoxy groups -OCH3 is 1. The molecule has 1 aliphatic carbocycles. The van der Waals surface area contributed by atoms with Crippen LogP contribution >= 0.6 is 0 Å². The number of anilines is 2. The maximum Gasteiger partial charge on any atom is 0.160 e. The van der Waals surface area contributed by atoms with E-state index in [4.69, 9.17) is 4.74 Å². The fourth-order valence-corrected chi connectivity index (χ4v) is 4.71. The van der Waals surface area contributed by atoms with Crippen LogP contribution in [0.1, 0.15) is 35.1 Å². The van der Waals surface area contributed by atoms with Gasteiger partial charge in [-0.2, -0.15) is 0 Å². The molecule has 0 aromatic heterocycles. The van der Waals surface area contributed by atoms with Gasteiger partial charge in [-0.3, -0.25) is 4.79 Å². The second kappa shape index (κ2) is 8.08. The van der Waals surface area contributed by atoms with Crippen LogP contribution in [-0.4, -0.2) is 18.0 Å². The minimum absolute atomic E-state index is 0.0250. The summed E-state index contributed by atoms with van der Waals surface area (Å²) in [5, 5.41) is 17.5. The molecule has 1 heterocycles. The quantitative estimate of drug-likeness (QED) is 0.513. The van der Waals surface area contributed by atoms with E-state index in [1.54, 1.807) is 12.1 Å². The number of ketones is 1. The van der Waals surface area contributed by atoms with Crippen LogP contribution in [0.15, 0.2) is 78.5 Å². The van der Waals surface area contributed by atoms with Crippen molar-refractivity contribution in [2.75, 3.05) is 17.7 Å². The van der Waals surface area contributed by atoms with Crippen LogP contribution in [0.3, 0.4) is 0 Å². The number of ether oxygens (including phenoxy) is 1. The van der Waals surface area contributed by atoms with Crippen LogP contribution < -0.4 is 15.4 Å². The second-order valence-corrected chi connectivity index (χ2v) is 8.51. The molecule has 32 heavy (non-hydrogen) atoms. The average molecular weight is 427 g/mol. The smallest absolute Gasteiger partial charge is 0.160 e. The second-order valence-electron chi connectivity index (χ2n) is 8.51. The van der Waals surface area contributed by atoms with E-state index in [9.17, 15) is 9.90 Å². The van der Waals surface area contributed by atoms with Gasteiger partial charge in [0.2, 0.25) is 0 Å². The Morgan fingerprint density at radius 1 is 0.969 bits per heavy atom. The molecule has 0 fully saturated rings. The molecular formula is C27H26N2O3. The largest absolute Gasteiger partial charge is 0.504 e. The highest BCUT2D eigenvalue weighted by molar-refractivity contribution is 5.90. The fourth-order valence-electron chi connectivity index (χ4n) is 4.71.